The maximum Gasteiger partial charge on any atom is 0.196 e. The number of ether oxygens (including phenoxy) is 1. The van der Waals surface area contributed by atoms with E-state index in [0.29, 0.717) is 12.2 Å². The van der Waals surface area contributed by atoms with Gasteiger partial charge in [-0.1, -0.05) is 12.1 Å². The third-order valence-electron chi connectivity index (χ3n) is 3.33. The predicted octanol–water partition coefficient (Wildman–Crippen LogP) is 4.40. The summed E-state index contributed by atoms with van der Waals surface area (Å²) >= 11 is 2.19. The van der Waals surface area contributed by atoms with Gasteiger partial charge < -0.3 is 9.72 Å². The Morgan fingerprint density at radius 2 is 2.00 bits per heavy atom. The van der Waals surface area contributed by atoms with Crippen LogP contribution in [0.4, 0.5) is 0 Å². The molecule has 1 aromatic heterocycles. The molecule has 1 N–H and O–H groups in total. The number of nitrogens with one attached hydrogen (secondary N) is 1. The maximum atomic E-state index is 12.7. The number of halogens is 1. The van der Waals surface area contributed by atoms with Gasteiger partial charge in [-0.15, -0.1) is 0 Å². The molecule has 0 aliphatic rings. The van der Waals surface area contributed by atoms with Crippen LogP contribution in [0.5, 0.6) is 5.75 Å². The van der Waals surface area contributed by atoms with Gasteiger partial charge in [0.1, 0.15) is 5.75 Å². The molecule has 0 unspecified atom stereocenters. The second-order valence-corrected chi connectivity index (χ2v) is 5.81. The Labute approximate surface area is 136 Å². The first kappa shape index (κ1) is 14.1. The van der Waals surface area contributed by atoms with Crippen molar-refractivity contribution in [3.05, 3.63) is 63.4 Å². The predicted molar refractivity (Wildman–Crippen MR) is 92.1 cm³/mol. The quantitative estimate of drug-likeness (QED) is 0.529. The molecule has 0 aliphatic heterocycles. The van der Waals surface area contributed by atoms with Gasteiger partial charge in [-0.05, 0) is 59.8 Å². The van der Waals surface area contributed by atoms with Crippen molar-refractivity contribution in [1.29, 1.82) is 0 Å². The molecule has 4 heteroatoms. The molecule has 2 aromatic carbocycles. The van der Waals surface area contributed by atoms with Crippen LogP contribution >= 0.6 is 22.6 Å². The first-order valence-corrected chi connectivity index (χ1v) is 7.81. The highest BCUT2D eigenvalue weighted by atomic mass is 127. The number of hydrogen-bond donors (Lipinski definition) is 1. The summed E-state index contributed by atoms with van der Waals surface area (Å²) in [7, 11) is 0. The van der Waals surface area contributed by atoms with E-state index in [1.165, 1.54) is 0 Å². The van der Waals surface area contributed by atoms with Crippen molar-refractivity contribution >= 4 is 39.3 Å². The average Bonchev–Trinajstić information content (AvgIpc) is 2.90. The average molecular weight is 391 g/mol. The van der Waals surface area contributed by atoms with Gasteiger partial charge in [-0.3, -0.25) is 4.79 Å². The van der Waals surface area contributed by atoms with Crippen molar-refractivity contribution in [3.63, 3.8) is 0 Å². The topological polar surface area (TPSA) is 42.1 Å². The highest BCUT2D eigenvalue weighted by Crippen LogP contribution is 2.26. The number of benzene rings is 2. The lowest BCUT2D eigenvalue weighted by Gasteiger charge is -2.05. The Morgan fingerprint density at radius 1 is 1.19 bits per heavy atom. The summed E-state index contributed by atoms with van der Waals surface area (Å²) in [6.07, 6.45) is 1.77. The molecule has 0 saturated carbocycles. The zero-order chi connectivity index (χ0) is 14.8. The Bertz CT molecular complexity index is 807. The summed E-state index contributed by atoms with van der Waals surface area (Å²) < 4.78 is 6.47. The van der Waals surface area contributed by atoms with Crippen molar-refractivity contribution in [1.82, 2.24) is 4.98 Å². The fourth-order valence-corrected chi connectivity index (χ4v) is 2.97. The Balaban J connectivity index is 2.10. The van der Waals surface area contributed by atoms with Crippen molar-refractivity contribution < 1.29 is 9.53 Å². The van der Waals surface area contributed by atoms with E-state index in [1.54, 1.807) is 6.20 Å². The van der Waals surface area contributed by atoms with Crippen molar-refractivity contribution in [2.45, 2.75) is 6.92 Å². The molecule has 3 aromatic rings. The fraction of sp³-hybridized carbons (Fsp3) is 0.118. The Morgan fingerprint density at radius 3 is 2.76 bits per heavy atom. The Kier molecular flexibility index (Phi) is 3.96. The summed E-state index contributed by atoms with van der Waals surface area (Å²) in [6.45, 7) is 2.55. The molecular weight excluding hydrogens is 377 g/mol. The van der Waals surface area contributed by atoms with Crippen LogP contribution in [0.1, 0.15) is 22.8 Å². The molecular formula is C17H14INO2. The molecule has 21 heavy (non-hydrogen) atoms. The fourth-order valence-electron chi connectivity index (χ4n) is 2.33. The van der Waals surface area contributed by atoms with Gasteiger partial charge in [-0.2, -0.15) is 0 Å². The van der Waals surface area contributed by atoms with E-state index in [2.05, 4.69) is 27.6 Å². The van der Waals surface area contributed by atoms with Crippen molar-refractivity contribution in [3.8, 4) is 5.75 Å². The SMILES string of the molecule is CCOc1ccc2[nH]cc(C(=O)c3ccccc3I)c2c1. The minimum atomic E-state index is 0.0277. The van der Waals surface area contributed by atoms with Crippen molar-refractivity contribution in [2.24, 2.45) is 0 Å². The number of hydrogen-bond acceptors (Lipinski definition) is 2. The van der Waals surface area contributed by atoms with E-state index < -0.39 is 0 Å². The van der Waals surface area contributed by atoms with Gasteiger partial charge >= 0.3 is 0 Å². The van der Waals surface area contributed by atoms with Crippen LogP contribution in [-0.4, -0.2) is 17.4 Å². The zero-order valence-corrected chi connectivity index (χ0v) is 13.7. The highest BCUT2D eigenvalue weighted by Gasteiger charge is 2.16. The van der Waals surface area contributed by atoms with Crippen LogP contribution in [-0.2, 0) is 0 Å². The third kappa shape index (κ3) is 2.68. The summed E-state index contributed by atoms with van der Waals surface area (Å²) in [6, 6.07) is 13.4. The second-order valence-electron chi connectivity index (χ2n) is 4.65. The van der Waals surface area contributed by atoms with Gasteiger partial charge in [0.05, 0.1) is 6.61 Å². The van der Waals surface area contributed by atoms with Gasteiger partial charge in [-0.25, -0.2) is 0 Å². The van der Waals surface area contributed by atoms with Crippen LogP contribution in [0, 0.1) is 3.57 Å². The highest BCUT2D eigenvalue weighted by molar-refractivity contribution is 14.1. The standard InChI is InChI=1S/C17H14INO2/c1-2-21-11-7-8-16-13(9-11)14(10-19-16)17(20)12-5-3-4-6-15(12)18/h3-10,19H,2H2,1H3. The summed E-state index contributed by atoms with van der Waals surface area (Å²) in [5.74, 6) is 0.807. The van der Waals surface area contributed by atoms with Gasteiger partial charge in [0.15, 0.2) is 5.78 Å². The number of fused-ring (bicyclic) bond motifs is 1. The molecule has 0 bridgehead atoms. The first-order valence-electron chi connectivity index (χ1n) is 6.74. The molecule has 3 nitrogen and oxygen atoms in total. The van der Waals surface area contributed by atoms with Crippen LogP contribution in [0.3, 0.4) is 0 Å². The van der Waals surface area contributed by atoms with E-state index in [-0.39, 0.29) is 5.78 Å². The van der Waals surface area contributed by atoms with E-state index in [4.69, 9.17) is 4.74 Å². The van der Waals surface area contributed by atoms with E-state index >= 15 is 0 Å². The molecule has 3 rings (SSSR count). The van der Waals surface area contributed by atoms with E-state index in [1.807, 2.05) is 49.4 Å². The number of aromatic nitrogens is 1. The number of carbonyl (C=O) groups is 1. The van der Waals surface area contributed by atoms with Crippen molar-refractivity contribution in [2.75, 3.05) is 6.61 Å². The van der Waals surface area contributed by atoms with Crippen LogP contribution in [0.25, 0.3) is 10.9 Å². The second kappa shape index (κ2) is 5.89. The summed E-state index contributed by atoms with van der Waals surface area (Å²) in [5, 5.41) is 0.894. The normalized spacial score (nSPS) is 10.8. The number of ketones is 1. The summed E-state index contributed by atoms with van der Waals surface area (Å²) in [4.78, 5) is 15.9. The van der Waals surface area contributed by atoms with Gasteiger partial charge in [0.25, 0.3) is 0 Å². The minimum absolute atomic E-state index is 0.0277. The summed E-state index contributed by atoms with van der Waals surface area (Å²) in [5.41, 5.74) is 2.34. The molecule has 0 amide bonds. The molecule has 0 saturated heterocycles. The smallest absolute Gasteiger partial charge is 0.196 e. The Hall–Kier alpha value is -1.82. The molecule has 0 spiro atoms. The molecule has 0 fully saturated rings. The van der Waals surface area contributed by atoms with Crippen LogP contribution in [0.2, 0.25) is 0 Å². The maximum absolute atomic E-state index is 12.7. The molecule has 106 valence electrons. The number of H-pyrrole nitrogens is 1. The lowest BCUT2D eigenvalue weighted by atomic mass is 10.0. The number of carbonyl (C=O) groups excluding carboxylic acids is 1. The van der Waals surface area contributed by atoms with E-state index in [9.17, 15) is 4.79 Å². The number of rotatable bonds is 4. The lowest BCUT2D eigenvalue weighted by Crippen LogP contribution is -2.02. The van der Waals surface area contributed by atoms with E-state index in [0.717, 1.165) is 25.8 Å². The van der Waals surface area contributed by atoms with Gasteiger partial charge in [0.2, 0.25) is 0 Å². The zero-order valence-electron chi connectivity index (χ0n) is 11.5. The minimum Gasteiger partial charge on any atom is -0.494 e. The van der Waals surface area contributed by atoms with Crippen LogP contribution < -0.4 is 4.74 Å². The number of aromatic amines is 1. The van der Waals surface area contributed by atoms with Crippen LogP contribution in [0.15, 0.2) is 48.7 Å². The van der Waals surface area contributed by atoms with Gasteiger partial charge in [0, 0.05) is 31.8 Å². The molecule has 0 radical (unpaired) electrons. The monoisotopic (exact) mass is 391 g/mol. The first-order chi connectivity index (χ1) is 10.2. The molecule has 0 atom stereocenters. The molecule has 1 heterocycles. The third-order valence-corrected chi connectivity index (χ3v) is 4.27. The largest absolute Gasteiger partial charge is 0.494 e. The molecule has 0 aliphatic carbocycles. The lowest BCUT2D eigenvalue weighted by molar-refractivity contribution is 0.103.